The number of benzene rings is 3. The maximum absolute atomic E-state index is 11.3. The van der Waals surface area contributed by atoms with Crippen LogP contribution in [-0.4, -0.2) is 30.3 Å². The lowest BCUT2D eigenvalue weighted by Gasteiger charge is -2.07. The average molecular weight is 515 g/mol. The fraction of sp³-hybridized carbons (Fsp3) is 0.241. The zero-order chi connectivity index (χ0) is 27.2. The maximum Gasteiger partial charge on any atom is 0.333 e. The molecule has 0 radical (unpaired) electrons. The third-order valence-corrected chi connectivity index (χ3v) is 5.32. The van der Waals surface area contributed by atoms with Gasteiger partial charge < -0.3 is 9.47 Å². The molecule has 0 N–H and O–H groups in total. The molecule has 0 amide bonds. The number of carbonyl (C=O) groups excluding carboxylic acids is 1. The highest BCUT2D eigenvalue weighted by Crippen LogP contribution is 2.23. The first-order chi connectivity index (χ1) is 18.4. The van der Waals surface area contributed by atoms with Crippen molar-refractivity contribution in [3.8, 4) is 5.75 Å². The molecule has 0 aliphatic rings. The molecule has 0 spiro atoms. The number of aliphatic imine (C=N–C) groups is 1. The molecule has 196 valence electrons. The minimum atomic E-state index is -0.455. The Kier molecular flexibility index (Phi) is 10.9. The summed E-state index contributed by atoms with van der Waals surface area (Å²) in [6.07, 6.45) is 5.53. The number of ether oxygens (including phenoxy) is 2. The Bertz CT molecular complexity index is 1270. The summed E-state index contributed by atoms with van der Waals surface area (Å²) in [7, 11) is 0. The Morgan fingerprint density at radius 1 is 0.842 bits per heavy atom. The van der Waals surface area contributed by atoms with Crippen molar-refractivity contribution in [2.24, 2.45) is 15.2 Å². The van der Waals surface area contributed by atoms with Crippen molar-refractivity contribution >= 4 is 34.9 Å². The van der Waals surface area contributed by atoms with Crippen molar-refractivity contribution in [2.45, 2.75) is 32.6 Å². The molecule has 9 nitrogen and oxygen atoms in total. The van der Waals surface area contributed by atoms with Gasteiger partial charge in [-0.25, -0.2) is 4.79 Å². The number of rotatable bonds is 14. The van der Waals surface area contributed by atoms with Crippen LogP contribution in [0.25, 0.3) is 0 Å². The molecule has 0 aliphatic carbocycles. The van der Waals surface area contributed by atoms with Gasteiger partial charge in [0.15, 0.2) is 0 Å². The van der Waals surface area contributed by atoms with Crippen molar-refractivity contribution in [3.05, 3.63) is 101 Å². The largest absolute Gasteiger partial charge is 0.494 e. The molecule has 3 aromatic rings. The van der Waals surface area contributed by atoms with Crippen LogP contribution in [0.4, 0.5) is 22.7 Å². The average Bonchev–Trinajstić information content (AvgIpc) is 2.93. The summed E-state index contributed by atoms with van der Waals surface area (Å²) in [6, 6.07) is 20.9. The molecule has 0 heterocycles. The zero-order valence-corrected chi connectivity index (χ0v) is 21.3. The number of nitrogens with zero attached hydrogens (tertiary/aromatic N) is 4. The quantitative estimate of drug-likeness (QED) is 0.0413. The number of esters is 1. The Morgan fingerprint density at radius 2 is 1.39 bits per heavy atom. The van der Waals surface area contributed by atoms with E-state index in [2.05, 4.69) is 21.8 Å². The molecule has 0 aliphatic heterocycles. The van der Waals surface area contributed by atoms with E-state index in [1.807, 2.05) is 36.4 Å². The van der Waals surface area contributed by atoms with E-state index in [1.54, 1.807) is 37.4 Å². The second-order valence-electron chi connectivity index (χ2n) is 8.50. The fourth-order valence-electron chi connectivity index (χ4n) is 3.20. The van der Waals surface area contributed by atoms with Gasteiger partial charge in [-0.05, 0) is 98.8 Å². The minimum absolute atomic E-state index is 0.0114. The van der Waals surface area contributed by atoms with Gasteiger partial charge in [0.05, 0.1) is 35.2 Å². The van der Waals surface area contributed by atoms with Crippen LogP contribution in [0.15, 0.2) is 100 Å². The molecule has 9 heteroatoms. The van der Waals surface area contributed by atoms with Crippen LogP contribution in [0.3, 0.4) is 0 Å². The van der Waals surface area contributed by atoms with Gasteiger partial charge in [-0.15, -0.1) is 0 Å². The first-order valence-corrected chi connectivity index (χ1v) is 12.3. The van der Waals surface area contributed by atoms with E-state index >= 15 is 0 Å². The van der Waals surface area contributed by atoms with Crippen molar-refractivity contribution in [1.82, 2.24) is 0 Å². The number of nitro benzene ring substituents is 1. The van der Waals surface area contributed by atoms with Gasteiger partial charge in [0.25, 0.3) is 5.69 Å². The molecule has 3 aromatic carbocycles. The normalized spacial score (nSPS) is 11.1. The van der Waals surface area contributed by atoms with Crippen molar-refractivity contribution in [2.75, 3.05) is 13.2 Å². The standard InChI is InChI=1S/C29H30N4O5/c1-22(2)29(34)38-20-6-4-3-5-19-37-28-17-7-23(8-18-28)21-30-24-9-11-25(12-10-24)31-32-26-13-15-27(16-14-26)33(35)36/h7-18,21H,1,3-6,19-20H2,2H3. The van der Waals surface area contributed by atoms with Crippen LogP contribution in [0, 0.1) is 10.1 Å². The minimum Gasteiger partial charge on any atom is -0.494 e. The van der Waals surface area contributed by atoms with E-state index in [-0.39, 0.29) is 11.7 Å². The number of nitro groups is 1. The molecule has 0 saturated carbocycles. The first-order valence-electron chi connectivity index (χ1n) is 12.3. The molecule has 38 heavy (non-hydrogen) atoms. The van der Waals surface area contributed by atoms with Crippen LogP contribution >= 0.6 is 0 Å². The highest BCUT2D eigenvalue weighted by Gasteiger charge is 2.04. The van der Waals surface area contributed by atoms with Gasteiger partial charge in [0.2, 0.25) is 0 Å². The number of azo groups is 1. The molecule has 0 bridgehead atoms. The monoisotopic (exact) mass is 514 g/mol. The van der Waals surface area contributed by atoms with E-state index in [0.717, 1.165) is 42.7 Å². The van der Waals surface area contributed by atoms with Crippen molar-refractivity contribution < 1.29 is 19.2 Å². The Morgan fingerprint density at radius 3 is 1.97 bits per heavy atom. The predicted molar refractivity (Wildman–Crippen MR) is 147 cm³/mol. The third kappa shape index (κ3) is 9.77. The summed E-state index contributed by atoms with van der Waals surface area (Å²) >= 11 is 0. The number of carbonyl (C=O) groups is 1. The zero-order valence-electron chi connectivity index (χ0n) is 21.3. The molecule has 0 unspecified atom stereocenters. The van der Waals surface area contributed by atoms with Crippen LogP contribution in [0.2, 0.25) is 0 Å². The summed E-state index contributed by atoms with van der Waals surface area (Å²) in [4.78, 5) is 26.0. The van der Waals surface area contributed by atoms with Gasteiger partial charge in [-0.2, -0.15) is 10.2 Å². The SMILES string of the molecule is C=C(C)C(=O)OCCCCCCOc1ccc(C=Nc2ccc(N=Nc3ccc([N+](=O)[O-])cc3)cc2)cc1. The van der Waals surface area contributed by atoms with Crippen molar-refractivity contribution in [3.63, 3.8) is 0 Å². The molecular weight excluding hydrogens is 484 g/mol. The molecule has 0 aromatic heterocycles. The lowest BCUT2D eigenvalue weighted by Crippen LogP contribution is -2.06. The van der Waals surface area contributed by atoms with Crippen LogP contribution < -0.4 is 4.74 Å². The van der Waals surface area contributed by atoms with Gasteiger partial charge >= 0.3 is 5.97 Å². The van der Waals surface area contributed by atoms with Gasteiger partial charge in [-0.3, -0.25) is 15.1 Å². The van der Waals surface area contributed by atoms with Crippen LogP contribution in [0.5, 0.6) is 5.75 Å². The van der Waals surface area contributed by atoms with Gasteiger partial charge in [0, 0.05) is 23.9 Å². The van der Waals surface area contributed by atoms with E-state index in [4.69, 9.17) is 9.47 Å². The summed E-state index contributed by atoms with van der Waals surface area (Å²) in [5.41, 5.74) is 3.33. The van der Waals surface area contributed by atoms with Crippen LogP contribution in [0.1, 0.15) is 38.2 Å². The molecule has 3 rings (SSSR count). The number of hydrogen-bond acceptors (Lipinski definition) is 8. The highest BCUT2D eigenvalue weighted by atomic mass is 16.6. The topological polar surface area (TPSA) is 116 Å². The molecule has 0 fully saturated rings. The van der Waals surface area contributed by atoms with Gasteiger partial charge in [0.1, 0.15) is 5.75 Å². The number of hydrogen-bond donors (Lipinski definition) is 0. The lowest BCUT2D eigenvalue weighted by molar-refractivity contribution is -0.384. The van der Waals surface area contributed by atoms with E-state index in [9.17, 15) is 14.9 Å². The molecular formula is C29H30N4O5. The Labute approximate surface area is 221 Å². The summed E-state index contributed by atoms with van der Waals surface area (Å²) < 4.78 is 10.9. The number of unbranched alkanes of at least 4 members (excludes halogenated alkanes) is 3. The van der Waals surface area contributed by atoms with E-state index in [0.29, 0.717) is 30.2 Å². The highest BCUT2D eigenvalue weighted by molar-refractivity contribution is 5.86. The Hall–Kier alpha value is -4.66. The second-order valence-corrected chi connectivity index (χ2v) is 8.50. The number of non-ortho nitro benzene ring substituents is 1. The summed E-state index contributed by atoms with van der Waals surface area (Å²) in [5, 5.41) is 19.0. The molecule has 0 atom stereocenters. The van der Waals surface area contributed by atoms with Crippen molar-refractivity contribution in [1.29, 1.82) is 0 Å². The second kappa shape index (κ2) is 14.8. The van der Waals surface area contributed by atoms with Gasteiger partial charge in [-0.1, -0.05) is 6.58 Å². The predicted octanol–water partition coefficient (Wildman–Crippen LogP) is 7.82. The maximum atomic E-state index is 11.3. The lowest BCUT2D eigenvalue weighted by atomic mass is 10.2. The smallest absolute Gasteiger partial charge is 0.333 e. The van der Waals surface area contributed by atoms with E-state index < -0.39 is 4.92 Å². The van der Waals surface area contributed by atoms with Crippen LogP contribution in [-0.2, 0) is 9.53 Å². The summed E-state index contributed by atoms with van der Waals surface area (Å²) in [6.45, 7) is 6.26. The fourth-order valence-corrected chi connectivity index (χ4v) is 3.20. The summed E-state index contributed by atoms with van der Waals surface area (Å²) in [5.74, 6) is 0.473. The third-order valence-electron chi connectivity index (χ3n) is 5.32. The van der Waals surface area contributed by atoms with E-state index in [1.165, 1.54) is 12.1 Å². The molecule has 0 saturated heterocycles. The Balaban J connectivity index is 1.37. The first kappa shape index (κ1) is 27.9.